The molecule has 0 radical (unpaired) electrons. The summed E-state index contributed by atoms with van der Waals surface area (Å²) < 4.78 is 0. The van der Waals surface area contributed by atoms with E-state index < -0.39 is 0 Å². The molecule has 31 heavy (non-hydrogen) atoms. The van der Waals surface area contributed by atoms with Crippen molar-refractivity contribution in [3.8, 4) is 0 Å². The van der Waals surface area contributed by atoms with Gasteiger partial charge in [0.1, 0.15) is 0 Å². The number of nitrogen functional groups attached to an aromatic ring is 1. The van der Waals surface area contributed by atoms with Gasteiger partial charge in [0.15, 0.2) is 0 Å². The molecule has 5 N–H and O–H groups in total. The summed E-state index contributed by atoms with van der Waals surface area (Å²) in [6.07, 6.45) is 2.06. The molecule has 0 unspecified atom stereocenters. The number of nitrogens with two attached hydrogens (primary N) is 1. The lowest BCUT2D eigenvalue weighted by molar-refractivity contribution is 0.0949. The standard InChI is InChI=1S/C24H31N5O2/c1-14-4-5-17(23(30)27-18-6-7-18)10-22(14)28-24(31)20-11-19(8-9-21(20)25)29-12-15(2)26-16(3)13-29/h4-5,8-11,15-16,18,26H,6-7,12-13,25H2,1-3H3,(H,27,30)(H,28,31)/t15-,16+. The largest absolute Gasteiger partial charge is 0.398 e. The van der Waals surface area contributed by atoms with Crippen LogP contribution in [0.3, 0.4) is 0 Å². The maximum Gasteiger partial charge on any atom is 0.257 e. The maximum atomic E-state index is 13.1. The first kappa shape index (κ1) is 21.2. The molecule has 2 aromatic rings. The van der Waals surface area contributed by atoms with Crippen LogP contribution in [0.25, 0.3) is 0 Å². The Hall–Kier alpha value is -3.06. The number of amides is 2. The highest BCUT2D eigenvalue weighted by atomic mass is 16.2. The zero-order valence-electron chi connectivity index (χ0n) is 18.4. The Labute approximate surface area is 183 Å². The second-order valence-corrected chi connectivity index (χ2v) is 8.88. The summed E-state index contributed by atoms with van der Waals surface area (Å²) in [5, 5.41) is 9.45. The average molecular weight is 422 g/mol. The van der Waals surface area contributed by atoms with Crippen molar-refractivity contribution >= 4 is 28.9 Å². The van der Waals surface area contributed by atoms with Crippen LogP contribution < -0.4 is 26.6 Å². The topological polar surface area (TPSA) is 99.5 Å². The van der Waals surface area contributed by atoms with Crippen LogP contribution in [-0.4, -0.2) is 43.0 Å². The molecule has 7 nitrogen and oxygen atoms in total. The molecule has 2 atom stereocenters. The molecular formula is C24H31N5O2. The van der Waals surface area contributed by atoms with Crippen LogP contribution in [0.1, 0.15) is 53.0 Å². The molecule has 1 saturated heterocycles. The van der Waals surface area contributed by atoms with Gasteiger partial charge in [0.25, 0.3) is 11.8 Å². The molecule has 2 aliphatic rings. The SMILES string of the molecule is Cc1ccc(C(=O)NC2CC2)cc1NC(=O)c1cc(N2C[C@@H](C)N[C@@H](C)C2)ccc1N. The minimum atomic E-state index is -0.279. The van der Waals surface area contributed by atoms with Gasteiger partial charge in [-0.1, -0.05) is 6.07 Å². The van der Waals surface area contributed by atoms with E-state index in [2.05, 4.69) is 34.7 Å². The molecule has 0 aromatic heterocycles. The van der Waals surface area contributed by atoms with Crippen LogP contribution in [0.5, 0.6) is 0 Å². The molecule has 0 spiro atoms. The number of nitrogens with zero attached hydrogens (tertiary/aromatic N) is 1. The molecule has 2 fully saturated rings. The molecule has 2 amide bonds. The molecule has 1 saturated carbocycles. The summed E-state index contributed by atoms with van der Waals surface area (Å²) in [6.45, 7) is 7.95. The minimum absolute atomic E-state index is 0.110. The lowest BCUT2D eigenvalue weighted by Gasteiger charge is -2.37. The Morgan fingerprint density at radius 1 is 1.03 bits per heavy atom. The van der Waals surface area contributed by atoms with E-state index in [4.69, 9.17) is 5.73 Å². The van der Waals surface area contributed by atoms with Gasteiger partial charge in [-0.15, -0.1) is 0 Å². The minimum Gasteiger partial charge on any atom is -0.398 e. The number of hydrogen-bond acceptors (Lipinski definition) is 5. The van der Waals surface area contributed by atoms with Crippen LogP contribution >= 0.6 is 0 Å². The van der Waals surface area contributed by atoms with Gasteiger partial charge in [-0.3, -0.25) is 9.59 Å². The fourth-order valence-electron chi connectivity index (χ4n) is 4.06. The molecule has 1 heterocycles. The zero-order chi connectivity index (χ0) is 22.1. The van der Waals surface area contributed by atoms with Gasteiger partial charge >= 0.3 is 0 Å². The van der Waals surface area contributed by atoms with E-state index in [-0.39, 0.29) is 17.9 Å². The first-order valence-corrected chi connectivity index (χ1v) is 10.9. The summed E-state index contributed by atoms with van der Waals surface area (Å²) in [6, 6.07) is 12.0. The second-order valence-electron chi connectivity index (χ2n) is 8.88. The van der Waals surface area contributed by atoms with Gasteiger partial charge in [0.05, 0.1) is 5.56 Å². The zero-order valence-corrected chi connectivity index (χ0v) is 18.4. The third-order valence-corrected chi connectivity index (χ3v) is 5.86. The van der Waals surface area contributed by atoms with E-state index in [1.807, 2.05) is 25.1 Å². The summed E-state index contributed by atoms with van der Waals surface area (Å²) in [7, 11) is 0. The van der Waals surface area contributed by atoms with Crippen molar-refractivity contribution in [2.24, 2.45) is 0 Å². The highest BCUT2D eigenvalue weighted by Crippen LogP contribution is 2.26. The van der Waals surface area contributed by atoms with E-state index >= 15 is 0 Å². The Balaban J connectivity index is 1.53. The van der Waals surface area contributed by atoms with Gasteiger partial charge < -0.3 is 26.6 Å². The van der Waals surface area contributed by atoms with E-state index in [1.54, 1.807) is 18.2 Å². The Morgan fingerprint density at radius 2 is 1.74 bits per heavy atom. The number of piperazine rings is 1. The second kappa shape index (κ2) is 8.59. The van der Waals surface area contributed by atoms with E-state index in [1.165, 1.54) is 0 Å². The van der Waals surface area contributed by atoms with Crippen molar-refractivity contribution < 1.29 is 9.59 Å². The molecule has 164 valence electrons. The number of benzene rings is 2. The Bertz CT molecular complexity index is 991. The Kier molecular flexibility index (Phi) is 5.87. The summed E-state index contributed by atoms with van der Waals surface area (Å²) in [4.78, 5) is 27.8. The highest BCUT2D eigenvalue weighted by molar-refractivity contribution is 6.09. The number of aryl methyl sites for hydroxylation is 1. The lowest BCUT2D eigenvalue weighted by Crippen LogP contribution is -2.54. The molecule has 1 aliphatic carbocycles. The smallest absolute Gasteiger partial charge is 0.257 e. The normalized spacial score (nSPS) is 20.9. The van der Waals surface area contributed by atoms with Crippen molar-refractivity contribution in [1.82, 2.24) is 10.6 Å². The predicted molar refractivity (Wildman–Crippen MR) is 125 cm³/mol. The number of carbonyl (C=O) groups excluding carboxylic acids is 2. The van der Waals surface area contributed by atoms with Gasteiger partial charge in [0.2, 0.25) is 0 Å². The molecule has 2 aromatic carbocycles. The number of anilines is 3. The summed E-state index contributed by atoms with van der Waals surface area (Å²) in [5.74, 6) is -0.389. The molecule has 4 rings (SSSR count). The van der Waals surface area contributed by atoms with Crippen LogP contribution in [0.4, 0.5) is 17.1 Å². The van der Waals surface area contributed by atoms with Crippen LogP contribution in [0, 0.1) is 6.92 Å². The van der Waals surface area contributed by atoms with Crippen molar-refractivity contribution in [2.45, 2.75) is 51.7 Å². The van der Waals surface area contributed by atoms with Crippen LogP contribution in [-0.2, 0) is 0 Å². The number of hydrogen-bond donors (Lipinski definition) is 4. The Morgan fingerprint density at radius 3 is 2.42 bits per heavy atom. The summed E-state index contributed by atoms with van der Waals surface area (Å²) >= 11 is 0. The number of rotatable bonds is 5. The monoisotopic (exact) mass is 421 g/mol. The highest BCUT2D eigenvalue weighted by Gasteiger charge is 2.25. The molecule has 1 aliphatic heterocycles. The quantitative estimate of drug-likeness (QED) is 0.557. The average Bonchev–Trinajstić information content (AvgIpc) is 3.53. The van der Waals surface area contributed by atoms with Gasteiger partial charge in [-0.2, -0.15) is 0 Å². The van der Waals surface area contributed by atoms with Gasteiger partial charge in [-0.25, -0.2) is 0 Å². The van der Waals surface area contributed by atoms with Crippen molar-refractivity contribution in [3.63, 3.8) is 0 Å². The van der Waals surface area contributed by atoms with Crippen molar-refractivity contribution in [1.29, 1.82) is 0 Å². The fourth-order valence-corrected chi connectivity index (χ4v) is 4.06. The lowest BCUT2D eigenvalue weighted by atomic mass is 10.1. The predicted octanol–water partition coefficient (Wildman–Crippen LogP) is 2.91. The third kappa shape index (κ3) is 4.99. The number of carbonyl (C=O) groups is 2. The van der Waals surface area contributed by atoms with E-state index in [0.29, 0.717) is 34.6 Å². The van der Waals surface area contributed by atoms with E-state index in [0.717, 1.165) is 37.2 Å². The van der Waals surface area contributed by atoms with Gasteiger partial charge in [-0.05, 0) is 69.5 Å². The molecule has 7 heteroatoms. The summed E-state index contributed by atoms with van der Waals surface area (Å²) in [5.41, 5.74) is 10.0. The van der Waals surface area contributed by atoms with Crippen LogP contribution in [0.2, 0.25) is 0 Å². The fraction of sp³-hybridized carbons (Fsp3) is 0.417. The van der Waals surface area contributed by atoms with Crippen LogP contribution in [0.15, 0.2) is 36.4 Å². The maximum absolute atomic E-state index is 13.1. The first-order valence-electron chi connectivity index (χ1n) is 10.9. The van der Waals surface area contributed by atoms with Gasteiger partial charge in [0, 0.05) is 53.8 Å². The number of nitrogens with one attached hydrogen (secondary N) is 3. The van der Waals surface area contributed by atoms with Crippen molar-refractivity contribution in [2.75, 3.05) is 29.0 Å². The van der Waals surface area contributed by atoms with E-state index in [9.17, 15) is 9.59 Å². The first-order chi connectivity index (χ1) is 14.8. The molecular weight excluding hydrogens is 390 g/mol. The third-order valence-electron chi connectivity index (χ3n) is 5.86. The molecule has 0 bridgehead atoms. The van der Waals surface area contributed by atoms with Crippen molar-refractivity contribution in [3.05, 3.63) is 53.1 Å².